The summed E-state index contributed by atoms with van der Waals surface area (Å²) in [6.45, 7) is 13.6. The molecule has 168 valence electrons. The second-order valence-corrected chi connectivity index (χ2v) is 9.62. The zero-order valence-corrected chi connectivity index (χ0v) is 20.9. The number of nitrogens with one attached hydrogen (secondary N) is 1. The van der Waals surface area contributed by atoms with Gasteiger partial charge in [0.1, 0.15) is 9.30 Å². The highest BCUT2D eigenvalue weighted by atomic mass is 127. The molecule has 1 aliphatic rings. The van der Waals surface area contributed by atoms with Gasteiger partial charge in [-0.25, -0.2) is 14.6 Å². The normalized spacial score (nSPS) is 16.8. The van der Waals surface area contributed by atoms with Crippen molar-refractivity contribution >= 4 is 40.6 Å². The fraction of sp³-hybridized carbons (Fsp3) is 0.667. The van der Waals surface area contributed by atoms with Gasteiger partial charge in [0.15, 0.2) is 5.69 Å². The third kappa shape index (κ3) is 6.88. The number of esters is 1. The van der Waals surface area contributed by atoms with E-state index in [1.54, 1.807) is 6.92 Å². The van der Waals surface area contributed by atoms with E-state index in [1.807, 2.05) is 39.2 Å². The summed E-state index contributed by atoms with van der Waals surface area (Å²) in [6.07, 6.45) is 3.42. The molecular formula is C21H33IN4O4. The summed E-state index contributed by atoms with van der Waals surface area (Å²) in [5.41, 5.74) is 1.08. The SMILES string of the molecule is CCOC(=O)c1c(I)nc(N2CCC[C@@H](NC(=O)OC(C)(C)C)C2)n1CC=C(C)C. The highest BCUT2D eigenvalue weighted by Gasteiger charge is 2.30. The highest BCUT2D eigenvalue weighted by molar-refractivity contribution is 14.1. The van der Waals surface area contributed by atoms with Gasteiger partial charge in [0.25, 0.3) is 0 Å². The number of anilines is 1. The summed E-state index contributed by atoms with van der Waals surface area (Å²) in [6, 6.07) is -0.0501. The molecule has 1 aromatic rings. The van der Waals surface area contributed by atoms with Gasteiger partial charge < -0.3 is 19.7 Å². The zero-order valence-electron chi connectivity index (χ0n) is 18.7. The van der Waals surface area contributed by atoms with Crippen LogP contribution >= 0.6 is 22.6 Å². The van der Waals surface area contributed by atoms with Gasteiger partial charge in [-0.1, -0.05) is 11.6 Å². The van der Waals surface area contributed by atoms with E-state index in [1.165, 1.54) is 0 Å². The summed E-state index contributed by atoms with van der Waals surface area (Å²) in [5, 5.41) is 2.96. The molecule has 2 rings (SSSR count). The van der Waals surface area contributed by atoms with E-state index in [-0.39, 0.29) is 12.0 Å². The predicted octanol–water partition coefficient (Wildman–Crippen LogP) is 4.12. The lowest BCUT2D eigenvalue weighted by Gasteiger charge is -2.34. The first-order chi connectivity index (χ1) is 14.0. The number of hydrogen-bond donors (Lipinski definition) is 1. The average molecular weight is 532 g/mol. The molecule has 1 aliphatic heterocycles. The van der Waals surface area contributed by atoms with E-state index in [4.69, 9.17) is 14.5 Å². The number of allylic oxidation sites excluding steroid dienone is 2. The van der Waals surface area contributed by atoms with E-state index >= 15 is 0 Å². The minimum atomic E-state index is -0.538. The van der Waals surface area contributed by atoms with Crippen molar-refractivity contribution in [3.8, 4) is 0 Å². The van der Waals surface area contributed by atoms with Crippen molar-refractivity contribution in [2.24, 2.45) is 0 Å². The number of piperidine rings is 1. The number of halogens is 1. The van der Waals surface area contributed by atoms with Crippen molar-refractivity contribution in [3.63, 3.8) is 0 Å². The van der Waals surface area contributed by atoms with Crippen LogP contribution in [0.25, 0.3) is 0 Å². The molecule has 8 nitrogen and oxygen atoms in total. The van der Waals surface area contributed by atoms with Crippen LogP contribution in [-0.2, 0) is 16.0 Å². The molecule has 0 bridgehead atoms. The minimum Gasteiger partial charge on any atom is -0.461 e. The van der Waals surface area contributed by atoms with Crippen molar-refractivity contribution in [1.82, 2.24) is 14.9 Å². The molecule has 0 aromatic carbocycles. The maximum Gasteiger partial charge on any atom is 0.407 e. The van der Waals surface area contributed by atoms with Crippen molar-refractivity contribution in [2.45, 2.75) is 72.6 Å². The number of alkyl carbamates (subject to hydrolysis) is 1. The number of ether oxygens (including phenoxy) is 2. The Bertz CT molecular complexity index is 794. The molecule has 0 radical (unpaired) electrons. The molecule has 1 N–H and O–H groups in total. The smallest absolute Gasteiger partial charge is 0.407 e. The minimum absolute atomic E-state index is 0.0501. The predicted molar refractivity (Wildman–Crippen MR) is 125 cm³/mol. The van der Waals surface area contributed by atoms with Crippen LogP contribution in [0.15, 0.2) is 11.6 Å². The fourth-order valence-corrected chi connectivity index (χ4v) is 3.97. The standard InChI is InChI=1S/C21H33IN4O4/c1-7-29-18(27)16-17(22)24-19(26(16)12-10-14(2)3)25-11-8-9-15(13-25)23-20(28)30-21(4,5)6/h10,15H,7-9,11-13H2,1-6H3,(H,23,28)/t15-/m1/s1. The number of imidazole rings is 1. The van der Waals surface area contributed by atoms with Gasteiger partial charge in [-0.15, -0.1) is 0 Å². The van der Waals surface area contributed by atoms with Gasteiger partial charge in [0.05, 0.1) is 6.61 Å². The summed E-state index contributed by atoms with van der Waals surface area (Å²) in [4.78, 5) is 31.6. The Hall–Kier alpha value is -1.78. The van der Waals surface area contributed by atoms with Gasteiger partial charge in [-0.05, 0) is 77.0 Å². The largest absolute Gasteiger partial charge is 0.461 e. The monoisotopic (exact) mass is 532 g/mol. The van der Waals surface area contributed by atoms with Crippen molar-refractivity contribution in [3.05, 3.63) is 21.0 Å². The Morgan fingerprint density at radius 2 is 2.03 bits per heavy atom. The molecule has 0 unspecified atom stereocenters. The Morgan fingerprint density at radius 1 is 1.33 bits per heavy atom. The molecule has 30 heavy (non-hydrogen) atoms. The third-order valence-corrected chi connectivity index (χ3v) is 5.23. The van der Waals surface area contributed by atoms with E-state index < -0.39 is 11.7 Å². The Morgan fingerprint density at radius 3 is 2.63 bits per heavy atom. The lowest BCUT2D eigenvalue weighted by atomic mass is 10.1. The van der Waals surface area contributed by atoms with Crippen LogP contribution in [0, 0.1) is 3.70 Å². The van der Waals surface area contributed by atoms with E-state index in [0.717, 1.165) is 30.9 Å². The maximum absolute atomic E-state index is 12.6. The van der Waals surface area contributed by atoms with Crippen LogP contribution in [0.4, 0.5) is 10.7 Å². The molecule has 0 spiro atoms. The average Bonchev–Trinajstić information content (AvgIpc) is 2.95. The zero-order chi connectivity index (χ0) is 22.5. The molecule has 0 saturated carbocycles. The van der Waals surface area contributed by atoms with Crippen LogP contribution in [0.5, 0.6) is 0 Å². The van der Waals surface area contributed by atoms with Crippen LogP contribution < -0.4 is 10.2 Å². The van der Waals surface area contributed by atoms with Crippen molar-refractivity contribution < 1.29 is 19.1 Å². The third-order valence-electron chi connectivity index (χ3n) is 4.48. The van der Waals surface area contributed by atoms with Crippen molar-refractivity contribution in [2.75, 3.05) is 24.6 Å². The Balaban J connectivity index is 2.26. The van der Waals surface area contributed by atoms with Crippen molar-refractivity contribution in [1.29, 1.82) is 0 Å². The van der Waals surface area contributed by atoms with Gasteiger partial charge in [0, 0.05) is 25.7 Å². The van der Waals surface area contributed by atoms with Gasteiger partial charge in [-0.3, -0.25) is 4.57 Å². The number of nitrogens with zero attached hydrogens (tertiary/aromatic N) is 3. The number of rotatable bonds is 6. The summed E-state index contributed by atoms with van der Waals surface area (Å²) in [5.74, 6) is 0.346. The number of carbonyl (C=O) groups excluding carboxylic acids is 2. The van der Waals surface area contributed by atoms with E-state index in [9.17, 15) is 9.59 Å². The number of amides is 1. The molecule has 1 amide bonds. The van der Waals surface area contributed by atoms with Crippen LogP contribution in [0.2, 0.25) is 0 Å². The quantitative estimate of drug-likeness (QED) is 0.337. The number of carbonyl (C=O) groups is 2. The topological polar surface area (TPSA) is 85.7 Å². The molecule has 1 aromatic heterocycles. The maximum atomic E-state index is 12.6. The first kappa shape index (κ1) is 24.5. The summed E-state index contributed by atoms with van der Waals surface area (Å²) >= 11 is 2.08. The second kappa shape index (κ2) is 10.5. The van der Waals surface area contributed by atoms with Gasteiger partial charge in [-0.2, -0.15) is 0 Å². The highest BCUT2D eigenvalue weighted by Crippen LogP contribution is 2.26. The lowest BCUT2D eigenvalue weighted by molar-refractivity contribution is 0.0495. The fourth-order valence-electron chi connectivity index (χ4n) is 3.25. The number of aromatic nitrogens is 2. The van der Waals surface area contributed by atoms with E-state index in [0.29, 0.717) is 29.1 Å². The molecule has 0 aliphatic carbocycles. The molecule has 1 saturated heterocycles. The summed E-state index contributed by atoms with van der Waals surface area (Å²) in [7, 11) is 0. The van der Waals surface area contributed by atoms with Crippen LogP contribution in [0.3, 0.4) is 0 Å². The number of hydrogen-bond acceptors (Lipinski definition) is 6. The molecule has 9 heteroatoms. The first-order valence-electron chi connectivity index (χ1n) is 10.3. The molecule has 1 atom stereocenters. The molecular weight excluding hydrogens is 499 g/mol. The Kier molecular flexibility index (Phi) is 8.57. The van der Waals surface area contributed by atoms with Crippen LogP contribution in [-0.4, -0.2) is 53.0 Å². The van der Waals surface area contributed by atoms with Gasteiger partial charge in [0.2, 0.25) is 5.95 Å². The van der Waals surface area contributed by atoms with Crippen LogP contribution in [0.1, 0.15) is 64.9 Å². The van der Waals surface area contributed by atoms with E-state index in [2.05, 4.69) is 38.9 Å². The first-order valence-corrected chi connectivity index (χ1v) is 11.4. The second-order valence-electron chi connectivity index (χ2n) is 8.60. The Labute approximate surface area is 192 Å². The molecule has 2 heterocycles. The molecule has 1 fully saturated rings. The lowest BCUT2D eigenvalue weighted by Crippen LogP contribution is -2.49. The van der Waals surface area contributed by atoms with Gasteiger partial charge >= 0.3 is 12.1 Å². The summed E-state index contributed by atoms with van der Waals surface area (Å²) < 4.78 is 13.2.